The lowest BCUT2D eigenvalue weighted by Gasteiger charge is -2.42. The molecule has 4 atom stereocenters. The molecule has 1 saturated carbocycles. The standard InChI is InChI=1S/C10H10Cl6/c11-2-9(3-12)5-1-6(14)10(9,4-13)8(16)7(5)15/h1,5,7-8H,2-4H2/t5-,7+,8-,10+/m1/s1. The summed E-state index contributed by atoms with van der Waals surface area (Å²) in [6.45, 7) is 0. The van der Waals surface area contributed by atoms with Crippen molar-refractivity contribution in [2.45, 2.75) is 10.8 Å². The molecular weight excluding hydrogens is 333 g/mol. The smallest absolute Gasteiger partial charge is 0.0628 e. The van der Waals surface area contributed by atoms with Crippen molar-refractivity contribution >= 4 is 69.6 Å². The maximum atomic E-state index is 6.39. The summed E-state index contributed by atoms with van der Waals surface area (Å²) in [5, 5.41) is 0.109. The maximum absolute atomic E-state index is 6.39. The Morgan fingerprint density at radius 1 is 1.06 bits per heavy atom. The molecule has 0 radical (unpaired) electrons. The molecule has 0 aliphatic heterocycles. The minimum absolute atomic E-state index is 0.00193. The third kappa shape index (κ3) is 1.33. The second-order valence-electron chi connectivity index (χ2n) is 4.41. The monoisotopic (exact) mass is 340 g/mol. The van der Waals surface area contributed by atoms with Gasteiger partial charge in [-0.15, -0.1) is 58.0 Å². The summed E-state index contributed by atoms with van der Waals surface area (Å²) >= 11 is 37.3. The summed E-state index contributed by atoms with van der Waals surface area (Å²) in [6, 6.07) is 0. The lowest BCUT2D eigenvalue weighted by Crippen LogP contribution is -2.46. The van der Waals surface area contributed by atoms with Gasteiger partial charge < -0.3 is 0 Å². The van der Waals surface area contributed by atoms with Gasteiger partial charge in [-0.1, -0.05) is 17.7 Å². The first-order valence-corrected chi connectivity index (χ1v) is 7.71. The maximum Gasteiger partial charge on any atom is 0.0628 e. The fourth-order valence-corrected chi connectivity index (χ4v) is 6.49. The van der Waals surface area contributed by atoms with Crippen molar-refractivity contribution in [3.05, 3.63) is 11.1 Å². The van der Waals surface area contributed by atoms with E-state index >= 15 is 0 Å². The van der Waals surface area contributed by atoms with E-state index in [1.807, 2.05) is 6.08 Å². The molecule has 0 aromatic rings. The van der Waals surface area contributed by atoms with E-state index in [0.29, 0.717) is 16.8 Å². The minimum Gasteiger partial charge on any atom is -0.126 e. The molecule has 0 spiro atoms. The van der Waals surface area contributed by atoms with Crippen molar-refractivity contribution in [1.82, 2.24) is 0 Å². The Labute approximate surface area is 125 Å². The number of alkyl halides is 5. The Morgan fingerprint density at radius 2 is 1.62 bits per heavy atom. The van der Waals surface area contributed by atoms with Crippen LogP contribution in [-0.4, -0.2) is 28.4 Å². The van der Waals surface area contributed by atoms with Gasteiger partial charge in [0.15, 0.2) is 0 Å². The van der Waals surface area contributed by atoms with E-state index < -0.39 is 10.8 Å². The Morgan fingerprint density at radius 3 is 2.00 bits per heavy atom. The molecule has 92 valence electrons. The molecule has 2 bridgehead atoms. The predicted molar refractivity (Wildman–Crippen MR) is 73.7 cm³/mol. The van der Waals surface area contributed by atoms with Crippen LogP contribution in [0.2, 0.25) is 0 Å². The average Bonchev–Trinajstić information content (AvgIpc) is 2.65. The van der Waals surface area contributed by atoms with E-state index in [9.17, 15) is 0 Å². The first kappa shape index (κ1) is 13.9. The van der Waals surface area contributed by atoms with Crippen molar-refractivity contribution in [1.29, 1.82) is 0 Å². The van der Waals surface area contributed by atoms with Gasteiger partial charge >= 0.3 is 0 Å². The van der Waals surface area contributed by atoms with Crippen LogP contribution in [0, 0.1) is 16.7 Å². The van der Waals surface area contributed by atoms with Crippen LogP contribution in [0.25, 0.3) is 0 Å². The van der Waals surface area contributed by atoms with E-state index in [1.54, 1.807) is 0 Å². The van der Waals surface area contributed by atoms with Crippen LogP contribution in [0.3, 0.4) is 0 Å². The first-order valence-electron chi connectivity index (χ1n) is 4.85. The third-order valence-corrected chi connectivity index (χ3v) is 7.19. The number of rotatable bonds is 3. The van der Waals surface area contributed by atoms with Crippen molar-refractivity contribution in [3.8, 4) is 0 Å². The molecule has 0 aromatic heterocycles. The minimum atomic E-state index is -0.585. The van der Waals surface area contributed by atoms with E-state index in [1.165, 1.54) is 0 Å². The van der Waals surface area contributed by atoms with Crippen molar-refractivity contribution in [2.24, 2.45) is 16.7 Å². The van der Waals surface area contributed by atoms with Crippen LogP contribution in [0.4, 0.5) is 0 Å². The van der Waals surface area contributed by atoms with Gasteiger partial charge in [0, 0.05) is 39.4 Å². The van der Waals surface area contributed by atoms with Crippen molar-refractivity contribution in [3.63, 3.8) is 0 Å². The quantitative estimate of drug-likeness (QED) is 0.654. The molecular formula is C10H10Cl6. The molecule has 0 unspecified atom stereocenters. The Hall–Kier alpha value is 1.48. The topological polar surface area (TPSA) is 0 Å². The van der Waals surface area contributed by atoms with Gasteiger partial charge in [-0.25, -0.2) is 0 Å². The molecule has 6 heteroatoms. The summed E-state index contributed by atoms with van der Waals surface area (Å²) in [6.07, 6.45) is 1.92. The summed E-state index contributed by atoms with van der Waals surface area (Å²) in [5.74, 6) is 0.994. The molecule has 0 heterocycles. The van der Waals surface area contributed by atoms with Gasteiger partial charge in [-0.2, -0.15) is 0 Å². The largest absolute Gasteiger partial charge is 0.126 e. The SMILES string of the molecule is ClCC1(CCl)[C@@H]2C=C(Cl)[C@@]1(CCl)[C@H](Cl)[C@H]2Cl. The highest BCUT2D eigenvalue weighted by Crippen LogP contribution is 2.70. The zero-order valence-corrected chi connectivity index (χ0v) is 12.7. The van der Waals surface area contributed by atoms with Crippen LogP contribution >= 0.6 is 69.6 Å². The number of fused-ring (bicyclic) bond motifs is 2. The molecule has 0 N–H and O–H groups in total. The van der Waals surface area contributed by atoms with Crippen LogP contribution in [-0.2, 0) is 0 Å². The van der Waals surface area contributed by atoms with Gasteiger partial charge in [0.25, 0.3) is 0 Å². The fourth-order valence-electron chi connectivity index (χ4n) is 2.98. The highest BCUT2D eigenvalue weighted by atomic mass is 35.5. The van der Waals surface area contributed by atoms with Crippen molar-refractivity contribution < 1.29 is 0 Å². The van der Waals surface area contributed by atoms with Gasteiger partial charge in [0.2, 0.25) is 0 Å². The predicted octanol–water partition coefficient (Wildman–Crippen LogP) is 4.66. The van der Waals surface area contributed by atoms with Crippen LogP contribution < -0.4 is 0 Å². The second kappa shape index (κ2) is 4.54. The summed E-state index contributed by atoms with van der Waals surface area (Å²) in [7, 11) is 0. The van der Waals surface area contributed by atoms with Gasteiger partial charge in [0.05, 0.1) is 10.8 Å². The lowest BCUT2D eigenvalue weighted by molar-refractivity contribution is 0.194. The van der Waals surface area contributed by atoms with E-state index in [4.69, 9.17) is 69.6 Å². The van der Waals surface area contributed by atoms with Crippen LogP contribution in [0.5, 0.6) is 0 Å². The van der Waals surface area contributed by atoms with Gasteiger partial charge in [-0.05, 0) is 0 Å². The second-order valence-corrected chi connectivity index (χ2v) is 6.60. The number of hydrogen-bond donors (Lipinski definition) is 0. The molecule has 0 saturated heterocycles. The number of hydrogen-bond acceptors (Lipinski definition) is 0. The molecule has 2 aliphatic carbocycles. The average molecular weight is 343 g/mol. The highest BCUT2D eigenvalue weighted by molar-refractivity contribution is 6.38. The first-order chi connectivity index (χ1) is 7.51. The third-order valence-electron chi connectivity index (χ3n) is 4.06. The van der Waals surface area contributed by atoms with Crippen molar-refractivity contribution in [2.75, 3.05) is 17.6 Å². The normalized spacial score (nSPS) is 44.9. The molecule has 16 heavy (non-hydrogen) atoms. The van der Waals surface area contributed by atoms with Crippen LogP contribution in [0.15, 0.2) is 11.1 Å². The summed E-state index contributed by atoms with van der Waals surface area (Å²) in [5.41, 5.74) is -1.01. The Balaban J connectivity index is 2.60. The van der Waals surface area contributed by atoms with E-state index in [-0.39, 0.29) is 22.6 Å². The van der Waals surface area contributed by atoms with Crippen LogP contribution in [0.1, 0.15) is 0 Å². The lowest BCUT2D eigenvalue weighted by atomic mass is 9.69. The van der Waals surface area contributed by atoms with Gasteiger partial charge in [-0.3, -0.25) is 0 Å². The molecule has 0 nitrogen and oxygen atoms in total. The van der Waals surface area contributed by atoms with Gasteiger partial charge in [0.1, 0.15) is 0 Å². The number of halogens is 6. The molecule has 2 rings (SSSR count). The van der Waals surface area contributed by atoms with E-state index in [2.05, 4.69) is 0 Å². The summed E-state index contributed by atoms with van der Waals surface area (Å²) < 4.78 is 0. The Kier molecular flexibility index (Phi) is 3.95. The molecule has 0 aromatic carbocycles. The molecule has 2 aliphatic rings. The fraction of sp³-hybridized carbons (Fsp3) is 0.800. The zero-order chi connectivity index (χ0) is 12.1. The highest BCUT2D eigenvalue weighted by Gasteiger charge is 2.71. The zero-order valence-electron chi connectivity index (χ0n) is 8.20. The number of allylic oxidation sites excluding steroid dienone is 2. The molecule has 1 fully saturated rings. The van der Waals surface area contributed by atoms with E-state index in [0.717, 1.165) is 0 Å². The Bertz CT molecular complexity index is 323. The summed E-state index contributed by atoms with van der Waals surface area (Å²) in [4.78, 5) is 0. The molecule has 0 amide bonds.